The van der Waals surface area contributed by atoms with E-state index in [1.807, 2.05) is 11.8 Å². The molecule has 2 atom stereocenters. The van der Waals surface area contributed by atoms with Crippen molar-refractivity contribution in [3.05, 3.63) is 0 Å². The van der Waals surface area contributed by atoms with Crippen LogP contribution in [-0.4, -0.2) is 44.4 Å². The van der Waals surface area contributed by atoms with Crippen molar-refractivity contribution in [1.29, 1.82) is 0 Å². The van der Waals surface area contributed by atoms with Crippen molar-refractivity contribution in [3.63, 3.8) is 0 Å². The van der Waals surface area contributed by atoms with Crippen molar-refractivity contribution >= 4 is 11.8 Å². The number of nitrogens with two attached hydrogens (primary N) is 1. The zero-order valence-corrected chi connectivity index (χ0v) is 11.1. The summed E-state index contributed by atoms with van der Waals surface area (Å²) in [4.78, 5) is 0. The van der Waals surface area contributed by atoms with Crippen molar-refractivity contribution in [3.8, 4) is 0 Å². The topological polar surface area (TPSA) is 47.3 Å². The number of thioether (sulfide) groups is 1. The van der Waals surface area contributed by atoms with Gasteiger partial charge in [-0.05, 0) is 38.6 Å². The van der Waals surface area contributed by atoms with Gasteiger partial charge in [0.15, 0.2) is 0 Å². The summed E-state index contributed by atoms with van der Waals surface area (Å²) in [7, 11) is 1.75. The molecule has 0 bridgehead atoms. The average molecular weight is 234 g/mol. The number of methoxy groups -OCH3 is 1. The number of hydrogen-bond donors (Lipinski definition) is 2. The average Bonchev–Trinajstić information content (AvgIpc) is 2.25. The lowest BCUT2D eigenvalue weighted by Gasteiger charge is -2.18. The molecule has 0 rings (SSSR count). The molecule has 0 aromatic rings. The van der Waals surface area contributed by atoms with Gasteiger partial charge in [-0.3, -0.25) is 0 Å². The van der Waals surface area contributed by atoms with Crippen LogP contribution < -0.4 is 11.1 Å². The molecule has 15 heavy (non-hydrogen) atoms. The summed E-state index contributed by atoms with van der Waals surface area (Å²) in [5, 5.41) is 4.26. The maximum Gasteiger partial charge on any atom is 0.0615 e. The van der Waals surface area contributed by atoms with Crippen molar-refractivity contribution in [1.82, 2.24) is 5.32 Å². The lowest BCUT2D eigenvalue weighted by atomic mass is 10.1. The Morgan fingerprint density at radius 2 is 2.13 bits per heavy atom. The van der Waals surface area contributed by atoms with Crippen LogP contribution in [0.25, 0.3) is 0 Å². The maximum atomic E-state index is 5.50. The minimum atomic E-state index is 0.465. The van der Waals surface area contributed by atoms with E-state index in [0.717, 1.165) is 37.8 Å². The maximum absolute atomic E-state index is 5.50. The summed E-state index contributed by atoms with van der Waals surface area (Å²) in [6.07, 6.45) is 5.55. The van der Waals surface area contributed by atoms with Gasteiger partial charge >= 0.3 is 0 Å². The predicted molar refractivity (Wildman–Crippen MR) is 69.5 cm³/mol. The van der Waals surface area contributed by atoms with Gasteiger partial charge in [0.25, 0.3) is 0 Å². The first-order chi connectivity index (χ1) is 7.24. The van der Waals surface area contributed by atoms with Gasteiger partial charge in [-0.1, -0.05) is 6.92 Å². The lowest BCUT2D eigenvalue weighted by Crippen LogP contribution is -2.35. The third kappa shape index (κ3) is 9.18. The van der Waals surface area contributed by atoms with E-state index < -0.39 is 0 Å². The van der Waals surface area contributed by atoms with E-state index >= 15 is 0 Å². The van der Waals surface area contributed by atoms with Gasteiger partial charge in [0.1, 0.15) is 0 Å². The Morgan fingerprint density at radius 1 is 1.40 bits per heavy atom. The molecule has 3 N–H and O–H groups in total. The third-order valence-electron chi connectivity index (χ3n) is 2.51. The van der Waals surface area contributed by atoms with Crippen LogP contribution in [-0.2, 0) is 4.74 Å². The number of ether oxygens (including phenoxy) is 1. The highest BCUT2D eigenvalue weighted by atomic mass is 32.2. The highest BCUT2D eigenvalue weighted by molar-refractivity contribution is 7.99. The van der Waals surface area contributed by atoms with Crippen molar-refractivity contribution < 1.29 is 4.74 Å². The van der Waals surface area contributed by atoms with E-state index in [1.165, 1.54) is 6.42 Å². The molecule has 3 nitrogen and oxygen atoms in total. The van der Waals surface area contributed by atoms with Crippen molar-refractivity contribution in [2.24, 2.45) is 5.73 Å². The zero-order valence-electron chi connectivity index (χ0n) is 10.3. The third-order valence-corrected chi connectivity index (χ3v) is 3.55. The Kier molecular flexibility index (Phi) is 10.9. The van der Waals surface area contributed by atoms with E-state index in [1.54, 1.807) is 7.11 Å². The quantitative estimate of drug-likeness (QED) is 0.601. The van der Waals surface area contributed by atoms with Crippen LogP contribution in [0.15, 0.2) is 0 Å². The fourth-order valence-corrected chi connectivity index (χ4v) is 1.77. The summed E-state index contributed by atoms with van der Waals surface area (Å²) in [6.45, 7) is 4.88. The van der Waals surface area contributed by atoms with Gasteiger partial charge in [-0.2, -0.15) is 11.8 Å². The van der Waals surface area contributed by atoms with Crippen LogP contribution in [0.4, 0.5) is 0 Å². The SMILES string of the molecule is COCC(CCCN)NCCC(C)SC. The molecule has 0 aromatic carbocycles. The predicted octanol–water partition coefficient (Wildman–Crippen LogP) is 1.47. The van der Waals surface area contributed by atoms with Crippen LogP contribution in [0.1, 0.15) is 26.2 Å². The lowest BCUT2D eigenvalue weighted by molar-refractivity contribution is 0.161. The zero-order chi connectivity index (χ0) is 11.5. The molecular formula is C11H26N2OS. The first kappa shape index (κ1) is 15.2. The van der Waals surface area contributed by atoms with Crippen LogP contribution in [0.3, 0.4) is 0 Å². The Labute approximate surface area is 98.5 Å². The molecule has 0 fully saturated rings. The van der Waals surface area contributed by atoms with E-state index in [2.05, 4.69) is 18.5 Å². The van der Waals surface area contributed by atoms with Gasteiger partial charge in [0, 0.05) is 18.4 Å². The van der Waals surface area contributed by atoms with Crippen molar-refractivity contribution in [2.75, 3.05) is 33.1 Å². The first-order valence-corrected chi connectivity index (χ1v) is 6.98. The minimum absolute atomic E-state index is 0.465. The molecule has 92 valence electrons. The molecule has 0 spiro atoms. The van der Waals surface area contributed by atoms with Crippen LogP contribution in [0, 0.1) is 0 Å². The van der Waals surface area contributed by atoms with E-state index in [4.69, 9.17) is 10.5 Å². The fourth-order valence-electron chi connectivity index (χ4n) is 1.42. The standard InChI is InChI=1S/C11H26N2OS/c1-10(15-3)6-8-13-11(9-14-2)5-4-7-12/h10-11,13H,4-9,12H2,1-3H3. The molecule has 0 aliphatic rings. The van der Waals surface area contributed by atoms with E-state index in [9.17, 15) is 0 Å². The highest BCUT2D eigenvalue weighted by Gasteiger charge is 2.07. The number of nitrogens with one attached hydrogen (secondary N) is 1. The summed E-state index contributed by atoms with van der Waals surface area (Å²) in [5.74, 6) is 0. The summed E-state index contributed by atoms with van der Waals surface area (Å²) < 4.78 is 5.18. The second-order valence-electron chi connectivity index (χ2n) is 3.87. The number of hydrogen-bond acceptors (Lipinski definition) is 4. The molecule has 0 amide bonds. The molecule has 0 saturated carbocycles. The summed E-state index contributed by atoms with van der Waals surface area (Å²) in [6, 6.07) is 0.465. The fraction of sp³-hybridized carbons (Fsp3) is 1.00. The molecule has 2 unspecified atom stereocenters. The van der Waals surface area contributed by atoms with Crippen LogP contribution >= 0.6 is 11.8 Å². The van der Waals surface area contributed by atoms with Gasteiger partial charge in [0.05, 0.1) is 6.61 Å². The van der Waals surface area contributed by atoms with Crippen molar-refractivity contribution in [2.45, 2.75) is 37.5 Å². The largest absolute Gasteiger partial charge is 0.383 e. The molecular weight excluding hydrogens is 208 g/mol. The number of rotatable bonds is 10. The Hall–Kier alpha value is 0.230. The van der Waals surface area contributed by atoms with E-state index in [-0.39, 0.29) is 0 Å². The molecule has 0 heterocycles. The molecule has 4 heteroatoms. The van der Waals surface area contributed by atoms with E-state index in [0.29, 0.717) is 6.04 Å². The molecule has 0 aliphatic carbocycles. The smallest absolute Gasteiger partial charge is 0.0615 e. The monoisotopic (exact) mass is 234 g/mol. The van der Waals surface area contributed by atoms with Gasteiger partial charge in [0.2, 0.25) is 0 Å². The summed E-state index contributed by atoms with van der Waals surface area (Å²) in [5.41, 5.74) is 5.50. The normalized spacial score (nSPS) is 15.2. The van der Waals surface area contributed by atoms with Crippen LogP contribution in [0.5, 0.6) is 0 Å². The van der Waals surface area contributed by atoms with Crippen LogP contribution in [0.2, 0.25) is 0 Å². The highest BCUT2D eigenvalue weighted by Crippen LogP contribution is 2.08. The molecule has 0 saturated heterocycles. The minimum Gasteiger partial charge on any atom is -0.383 e. The first-order valence-electron chi connectivity index (χ1n) is 5.69. The second kappa shape index (κ2) is 10.7. The Bertz CT molecular complexity index is 136. The molecule has 0 radical (unpaired) electrons. The van der Waals surface area contributed by atoms with Gasteiger partial charge in [-0.15, -0.1) is 0 Å². The molecule has 0 aliphatic heterocycles. The Balaban J connectivity index is 3.55. The summed E-state index contributed by atoms with van der Waals surface area (Å²) >= 11 is 1.92. The molecule has 0 aromatic heterocycles. The van der Waals surface area contributed by atoms with Gasteiger partial charge < -0.3 is 15.8 Å². The Morgan fingerprint density at radius 3 is 2.67 bits per heavy atom. The van der Waals surface area contributed by atoms with Gasteiger partial charge in [-0.25, -0.2) is 0 Å². The second-order valence-corrected chi connectivity index (χ2v) is 5.15.